The molecule has 1 aromatic carbocycles. The number of alkyl halides is 1. The smallest absolute Gasteiger partial charge is 0.238 e. The van der Waals surface area contributed by atoms with Gasteiger partial charge in [-0.05, 0) is 6.07 Å². The molecule has 74 valence electrons. The number of ether oxygens (including phenoxy) is 1. The third-order valence-corrected chi connectivity index (χ3v) is 1.62. The van der Waals surface area contributed by atoms with Gasteiger partial charge in [0.2, 0.25) is 12.4 Å². The van der Waals surface area contributed by atoms with Gasteiger partial charge in [-0.3, -0.25) is 0 Å². The van der Waals surface area contributed by atoms with Crippen molar-refractivity contribution in [2.24, 2.45) is 4.99 Å². The molecule has 0 amide bonds. The van der Waals surface area contributed by atoms with Crippen molar-refractivity contribution < 1.29 is 18.3 Å². The number of nitrogens with zero attached hydrogens (tertiary/aromatic N) is 1. The molecular weight excluding hydrogens is 192 g/mol. The number of hydrogen-bond donors (Lipinski definition) is 0. The van der Waals surface area contributed by atoms with Crippen LogP contribution in [0.25, 0.3) is 0 Å². The van der Waals surface area contributed by atoms with Crippen molar-refractivity contribution in [3.05, 3.63) is 29.6 Å². The van der Waals surface area contributed by atoms with Gasteiger partial charge in [0.05, 0.1) is 12.7 Å². The molecular formula is C9H7F2NO2. The molecule has 3 nitrogen and oxygen atoms in total. The molecule has 1 rings (SSSR count). The Hall–Kier alpha value is -1.74. The van der Waals surface area contributed by atoms with E-state index in [9.17, 15) is 13.6 Å². The van der Waals surface area contributed by atoms with Crippen molar-refractivity contribution in [1.82, 2.24) is 0 Å². The molecule has 0 N–H and O–H groups in total. The lowest BCUT2D eigenvalue weighted by atomic mass is 10.2. The Morgan fingerprint density at radius 1 is 1.57 bits per heavy atom. The Morgan fingerprint density at radius 3 is 2.86 bits per heavy atom. The van der Waals surface area contributed by atoms with Crippen LogP contribution < -0.4 is 4.74 Å². The fourth-order valence-corrected chi connectivity index (χ4v) is 1.04. The maximum Gasteiger partial charge on any atom is 0.238 e. The molecule has 0 aliphatic carbocycles. The Bertz CT molecular complexity index is 375. The quantitative estimate of drug-likeness (QED) is 0.425. The first-order valence-corrected chi connectivity index (χ1v) is 3.74. The Morgan fingerprint density at radius 2 is 2.29 bits per heavy atom. The summed E-state index contributed by atoms with van der Waals surface area (Å²) in [6.07, 6.45) is -0.887. The van der Waals surface area contributed by atoms with Crippen LogP contribution in [-0.2, 0) is 4.79 Å². The van der Waals surface area contributed by atoms with Gasteiger partial charge in [0.15, 0.2) is 11.6 Å². The molecule has 0 saturated heterocycles. The minimum atomic E-state index is -1.95. The molecule has 1 unspecified atom stereocenters. The second kappa shape index (κ2) is 4.48. The van der Waals surface area contributed by atoms with E-state index in [1.165, 1.54) is 19.2 Å². The highest BCUT2D eigenvalue weighted by Gasteiger charge is 2.16. The van der Waals surface area contributed by atoms with Gasteiger partial charge in [0.25, 0.3) is 0 Å². The van der Waals surface area contributed by atoms with Crippen LogP contribution >= 0.6 is 0 Å². The van der Waals surface area contributed by atoms with Crippen molar-refractivity contribution in [3.63, 3.8) is 0 Å². The first kappa shape index (κ1) is 10.3. The van der Waals surface area contributed by atoms with Crippen LogP contribution in [-0.4, -0.2) is 13.2 Å². The van der Waals surface area contributed by atoms with E-state index in [-0.39, 0.29) is 11.3 Å². The van der Waals surface area contributed by atoms with Crippen molar-refractivity contribution in [1.29, 1.82) is 0 Å². The summed E-state index contributed by atoms with van der Waals surface area (Å²) in [5, 5.41) is 0. The van der Waals surface area contributed by atoms with E-state index in [0.29, 0.717) is 0 Å². The molecule has 0 aromatic heterocycles. The summed E-state index contributed by atoms with van der Waals surface area (Å²) >= 11 is 0. The molecule has 1 atom stereocenters. The molecule has 0 aliphatic heterocycles. The summed E-state index contributed by atoms with van der Waals surface area (Å²) in [6.45, 7) is 0. The molecule has 5 heteroatoms. The number of isocyanates is 1. The highest BCUT2D eigenvalue weighted by atomic mass is 19.1. The van der Waals surface area contributed by atoms with E-state index in [1.807, 2.05) is 0 Å². The lowest BCUT2D eigenvalue weighted by Gasteiger charge is -2.08. The number of benzene rings is 1. The first-order chi connectivity index (χ1) is 6.70. The summed E-state index contributed by atoms with van der Waals surface area (Å²) in [4.78, 5) is 12.6. The summed E-state index contributed by atoms with van der Waals surface area (Å²) in [5.74, 6) is -0.951. The lowest BCUT2D eigenvalue weighted by molar-refractivity contribution is 0.324. The lowest BCUT2D eigenvalue weighted by Crippen LogP contribution is -1.96. The number of halogens is 2. The predicted octanol–water partition coefficient (Wildman–Crippen LogP) is 2.14. The van der Waals surface area contributed by atoms with E-state index in [2.05, 4.69) is 9.73 Å². The molecule has 0 bridgehead atoms. The standard InChI is InChI=1S/C9H7F2NO2/c1-14-8-6(9(11)12-5-13)3-2-4-7(8)10/h2-4,9H,1H3. The normalized spacial score (nSPS) is 11.6. The zero-order valence-corrected chi connectivity index (χ0v) is 7.33. The Kier molecular flexibility index (Phi) is 3.31. The van der Waals surface area contributed by atoms with Crippen molar-refractivity contribution in [2.75, 3.05) is 7.11 Å². The zero-order valence-electron chi connectivity index (χ0n) is 7.33. The van der Waals surface area contributed by atoms with Gasteiger partial charge in [-0.25, -0.2) is 13.6 Å². The van der Waals surface area contributed by atoms with Gasteiger partial charge in [0, 0.05) is 0 Å². The Balaban J connectivity index is 3.19. The highest BCUT2D eigenvalue weighted by Crippen LogP contribution is 2.30. The summed E-state index contributed by atoms with van der Waals surface area (Å²) in [6, 6.07) is 3.72. The van der Waals surface area contributed by atoms with E-state index in [4.69, 9.17) is 0 Å². The molecule has 0 heterocycles. The number of para-hydroxylation sites is 1. The zero-order chi connectivity index (χ0) is 10.6. The van der Waals surface area contributed by atoms with Crippen LogP contribution in [0.1, 0.15) is 11.9 Å². The average Bonchev–Trinajstić information content (AvgIpc) is 2.17. The van der Waals surface area contributed by atoms with Crippen LogP contribution in [0.5, 0.6) is 5.75 Å². The minimum absolute atomic E-state index is 0.129. The fourth-order valence-electron chi connectivity index (χ4n) is 1.04. The van der Waals surface area contributed by atoms with Crippen LogP contribution in [0.3, 0.4) is 0 Å². The van der Waals surface area contributed by atoms with Crippen LogP contribution in [0.15, 0.2) is 23.2 Å². The van der Waals surface area contributed by atoms with Crippen molar-refractivity contribution in [2.45, 2.75) is 6.30 Å². The number of carbonyl (C=O) groups excluding carboxylic acids is 1. The van der Waals surface area contributed by atoms with E-state index in [1.54, 1.807) is 0 Å². The Labute approximate surface area is 79.0 Å². The number of rotatable bonds is 3. The van der Waals surface area contributed by atoms with Gasteiger partial charge in [-0.1, -0.05) is 12.1 Å². The maximum atomic E-state index is 13.1. The molecule has 0 fully saturated rings. The third-order valence-electron chi connectivity index (χ3n) is 1.62. The third kappa shape index (κ3) is 1.95. The second-order valence-electron chi connectivity index (χ2n) is 2.42. The van der Waals surface area contributed by atoms with Crippen LogP contribution in [0.4, 0.5) is 8.78 Å². The topological polar surface area (TPSA) is 38.7 Å². The maximum absolute atomic E-state index is 13.1. The van der Waals surface area contributed by atoms with Crippen molar-refractivity contribution in [3.8, 4) is 5.75 Å². The monoisotopic (exact) mass is 199 g/mol. The van der Waals surface area contributed by atoms with E-state index in [0.717, 1.165) is 12.1 Å². The molecule has 0 aliphatic rings. The summed E-state index contributed by atoms with van der Waals surface area (Å²) in [5.41, 5.74) is -0.129. The van der Waals surface area contributed by atoms with E-state index < -0.39 is 12.1 Å². The van der Waals surface area contributed by atoms with Gasteiger partial charge in [-0.2, -0.15) is 4.99 Å². The SMILES string of the molecule is COc1c(F)cccc1C(F)N=C=O. The summed E-state index contributed by atoms with van der Waals surface area (Å²) in [7, 11) is 1.21. The molecule has 0 radical (unpaired) electrons. The summed E-state index contributed by atoms with van der Waals surface area (Å²) < 4.78 is 30.7. The first-order valence-electron chi connectivity index (χ1n) is 3.74. The van der Waals surface area contributed by atoms with Gasteiger partial charge >= 0.3 is 0 Å². The van der Waals surface area contributed by atoms with Gasteiger partial charge in [0.1, 0.15) is 0 Å². The van der Waals surface area contributed by atoms with Crippen LogP contribution in [0, 0.1) is 5.82 Å². The number of methoxy groups -OCH3 is 1. The van der Waals surface area contributed by atoms with Gasteiger partial charge in [-0.15, -0.1) is 0 Å². The number of hydrogen-bond acceptors (Lipinski definition) is 3. The highest BCUT2D eigenvalue weighted by molar-refractivity contribution is 5.40. The molecule has 0 saturated carbocycles. The second-order valence-corrected chi connectivity index (χ2v) is 2.42. The minimum Gasteiger partial charge on any atom is -0.493 e. The fraction of sp³-hybridized carbons (Fsp3) is 0.222. The van der Waals surface area contributed by atoms with Crippen LogP contribution in [0.2, 0.25) is 0 Å². The van der Waals surface area contributed by atoms with Gasteiger partial charge < -0.3 is 4.74 Å². The molecule has 14 heavy (non-hydrogen) atoms. The molecule has 1 aromatic rings. The van der Waals surface area contributed by atoms with E-state index >= 15 is 0 Å². The predicted molar refractivity (Wildman–Crippen MR) is 44.9 cm³/mol. The molecule has 0 spiro atoms. The van der Waals surface area contributed by atoms with Crippen molar-refractivity contribution >= 4 is 6.08 Å². The number of aliphatic imine (C=N–C) groups is 1. The average molecular weight is 199 g/mol. The largest absolute Gasteiger partial charge is 0.493 e.